The molecule has 0 amide bonds. The minimum atomic E-state index is -3.48. The van der Waals surface area contributed by atoms with E-state index in [0.29, 0.717) is 24.2 Å². The first-order valence-corrected chi connectivity index (χ1v) is 13.8. The van der Waals surface area contributed by atoms with E-state index in [1.807, 2.05) is 20.9 Å². The van der Waals surface area contributed by atoms with Gasteiger partial charge in [-0.05, 0) is 50.0 Å². The second-order valence-electron chi connectivity index (χ2n) is 9.60. The van der Waals surface area contributed by atoms with Gasteiger partial charge in [-0.3, -0.25) is 4.90 Å². The average molecular weight is 518 g/mol. The van der Waals surface area contributed by atoms with E-state index in [4.69, 9.17) is 4.52 Å². The van der Waals surface area contributed by atoms with E-state index in [-0.39, 0.29) is 16.5 Å². The molecular formula is C24H32FN7O3S. The number of hydrogen-bond donors (Lipinski definition) is 1. The zero-order valence-electron chi connectivity index (χ0n) is 21.0. The molecule has 3 heterocycles. The van der Waals surface area contributed by atoms with Crippen LogP contribution in [-0.2, 0) is 16.4 Å². The summed E-state index contributed by atoms with van der Waals surface area (Å²) in [5.41, 5.74) is 0.142. The highest BCUT2D eigenvalue weighted by atomic mass is 32.2. The molecule has 0 spiro atoms. The Morgan fingerprint density at radius 3 is 2.61 bits per heavy atom. The van der Waals surface area contributed by atoms with Crippen molar-refractivity contribution < 1.29 is 17.3 Å². The Morgan fingerprint density at radius 2 is 1.97 bits per heavy atom. The van der Waals surface area contributed by atoms with Gasteiger partial charge in [-0.1, -0.05) is 19.0 Å². The third kappa shape index (κ3) is 6.55. The molecule has 36 heavy (non-hydrogen) atoms. The number of likely N-dealkylation sites (tertiary alicyclic amines) is 1. The predicted octanol–water partition coefficient (Wildman–Crippen LogP) is 3.62. The maximum Gasteiger partial charge on any atom is 0.240 e. The Bertz CT molecular complexity index is 1290. The van der Waals surface area contributed by atoms with Gasteiger partial charge < -0.3 is 14.7 Å². The van der Waals surface area contributed by atoms with Crippen LogP contribution in [0, 0.1) is 11.7 Å². The Kier molecular flexibility index (Phi) is 7.84. The summed E-state index contributed by atoms with van der Waals surface area (Å²) in [5, 5.41) is 6.95. The highest BCUT2D eigenvalue weighted by Crippen LogP contribution is 2.25. The van der Waals surface area contributed by atoms with Crippen LogP contribution in [-0.4, -0.2) is 66.4 Å². The standard InChI is InChI=1S/C24H32FN7O3S/c1-16(2)24-29-23(35-30-24)14-32-9-7-17(8-10-32)13-31(3)22-12-21(26-15-27-22)28-20-6-5-18(11-19(20)25)36(4,33)34/h5-6,11-12,15-17H,7-10,13-14H2,1-4H3,(H,26,27,28). The highest BCUT2D eigenvalue weighted by Gasteiger charge is 2.23. The highest BCUT2D eigenvalue weighted by molar-refractivity contribution is 7.90. The van der Waals surface area contributed by atoms with Crippen molar-refractivity contribution in [1.29, 1.82) is 0 Å². The number of benzene rings is 1. The lowest BCUT2D eigenvalue weighted by atomic mass is 9.96. The zero-order valence-corrected chi connectivity index (χ0v) is 21.8. The van der Waals surface area contributed by atoms with Crippen LogP contribution in [0.2, 0.25) is 0 Å². The maximum atomic E-state index is 14.4. The summed E-state index contributed by atoms with van der Waals surface area (Å²) >= 11 is 0. The number of sulfone groups is 1. The van der Waals surface area contributed by atoms with Crippen LogP contribution in [0.15, 0.2) is 40.0 Å². The summed E-state index contributed by atoms with van der Waals surface area (Å²) < 4.78 is 43.1. The number of rotatable bonds is 9. The first-order chi connectivity index (χ1) is 17.1. The van der Waals surface area contributed by atoms with Crippen molar-refractivity contribution in [3.63, 3.8) is 0 Å². The fraction of sp³-hybridized carbons (Fsp3) is 0.500. The van der Waals surface area contributed by atoms with Crippen LogP contribution in [0.25, 0.3) is 0 Å². The molecule has 1 fully saturated rings. The van der Waals surface area contributed by atoms with E-state index < -0.39 is 15.7 Å². The molecule has 1 aromatic carbocycles. The van der Waals surface area contributed by atoms with E-state index in [1.54, 1.807) is 6.07 Å². The Morgan fingerprint density at radius 1 is 1.22 bits per heavy atom. The van der Waals surface area contributed by atoms with Crippen LogP contribution in [0.5, 0.6) is 0 Å². The summed E-state index contributed by atoms with van der Waals surface area (Å²) in [6, 6.07) is 5.51. The normalized spacial score (nSPS) is 15.4. The largest absolute Gasteiger partial charge is 0.359 e. The quantitative estimate of drug-likeness (QED) is 0.451. The molecule has 0 radical (unpaired) electrons. The van der Waals surface area contributed by atoms with Gasteiger partial charge in [-0.15, -0.1) is 0 Å². The van der Waals surface area contributed by atoms with Crippen LogP contribution in [0.4, 0.5) is 21.7 Å². The summed E-state index contributed by atoms with van der Waals surface area (Å²) in [7, 11) is -1.50. The van der Waals surface area contributed by atoms with Gasteiger partial charge in [0.1, 0.15) is 23.8 Å². The van der Waals surface area contributed by atoms with Crippen molar-refractivity contribution in [2.75, 3.05) is 43.2 Å². The third-order valence-corrected chi connectivity index (χ3v) is 7.38. The minimum absolute atomic E-state index is 0.0721. The molecule has 1 saturated heterocycles. The molecule has 1 aliphatic rings. The summed E-state index contributed by atoms with van der Waals surface area (Å²) in [4.78, 5) is 17.4. The van der Waals surface area contributed by atoms with Gasteiger partial charge in [-0.25, -0.2) is 22.8 Å². The number of piperidine rings is 1. The Hall–Kier alpha value is -3.12. The average Bonchev–Trinajstić information content (AvgIpc) is 3.30. The molecule has 0 bridgehead atoms. The topological polar surface area (TPSA) is 117 Å². The van der Waals surface area contributed by atoms with E-state index in [9.17, 15) is 12.8 Å². The van der Waals surface area contributed by atoms with E-state index in [1.165, 1.54) is 18.5 Å². The van der Waals surface area contributed by atoms with Gasteiger partial charge in [0.2, 0.25) is 5.89 Å². The van der Waals surface area contributed by atoms with Crippen molar-refractivity contribution in [3.05, 3.63) is 48.1 Å². The monoisotopic (exact) mass is 517 g/mol. The second kappa shape index (κ2) is 10.9. The summed E-state index contributed by atoms with van der Waals surface area (Å²) in [6.07, 6.45) is 4.56. The molecule has 0 atom stereocenters. The number of anilines is 3. The molecule has 0 unspecified atom stereocenters. The molecule has 3 aromatic rings. The molecule has 194 valence electrons. The minimum Gasteiger partial charge on any atom is -0.359 e. The fourth-order valence-corrected chi connectivity index (χ4v) is 4.79. The number of aromatic nitrogens is 4. The zero-order chi connectivity index (χ0) is 25.9. The molecule has 2 aromatic heterocycles. The molecular weight excluding hydrogens is 485 g/mol. The smallest absolute Gasteiger partial charge is 0.240 e. The molecule has 0 saturated carbocycles. The van der Waals surface area contributed by atoms with Crippen LogP contribution in [0.3, 0.4) is 0 Å². The third-order valence-electron chi connectivity index (χ3n) is 6.27. The molecule has 1 N–H and O–H groups in total. The second-order valence-corrected chi connectivity index (χ2v) is 11.6. The number of nitrogens with zero attached hydrogens (tertiary/aromatic N) is 6. The Balaban J connectivity index is 1.31. The maximum absolute atomic E-state index is 14.4. The molecule has 12 heteroatoms. The summed E-state index contributed by atoms with van der Waals surface area (Å²) in [5.74, 6) is 2.64. The lowest BCUT2D eigenvalue weighted by Gasteiger charge is -2.33. The van der Waals surface area contributed by atoms with E-state index >= 15 is 0 Å². The van der Waals surface area contributed by atoms with Crippen LogP contribution >= 0.6 is 0 Å². The molecule has 1 aliphatic heterocycles. The van der Waals surface area contributed by atoms with Crippen molar-refractivity contribution >= 4 is 27.2 Å². The molecule has 10 nitrogen and oxygen atoms in total. The number of hydrogen-bond acceptors (Lipinski definition) is 10. The van der Waals surface area contributed by atoms with Crippen LogP contribution in [0.1, 0.15) is 44.3 Å². The Labute approximate surface area is 210 Å². The first-order valence-electron chi connectivity index (χ1n) is 11.9. The number of nitrogens with one attached hydrogen (secondary N) is 1. The van der Waals surface area contributed by atoms with Crippen LogP contribution < -0.4 is 10.2 Å². The lowest BCUT2D eigenvalue weighted by Crippen LogP contribution is -2.37. The van der Waals surface area contributed by atoms with Gasteiger partial charge in [0, 0.05) is 31.8 Å². The van der Waals surface area contributed by atoms with Crippen molar-refractivity contribution in [1.82, 2.24) is 25.0 Å². The molecule has 4 rings (SSSR count). The van der Waals surface area contributed by atoms with Gasteiger partial charge in [0.15, 0.2) is 15.7 Å². The first kappa shape index (κ1) is 26.0. The number of halogens is 1. The van der Waals surface area contributed by atoms with Crippen molar-refractivity contribution in [3.8, 4) is 0 Å². The lowest BCUT2D eigenvalue weighted by molar-refractivity contribution is 0.161. The van der Waals surface area contributed by atoms with E-state index in [2.05, 4.69) is 35.2 Å². The van der Waals surface area contributed by atoms with Gasteiger partial charge in [0.05, 0.1) is 17.1 Å². The molecule has 0 aliphatic carbocycles. The van der Waals surface area contributed by atoms with Crippen molar-refractivity contribution in [2.24, 2.45) is 5.92 Å². The van der Waals surface area contributed by atoms with Crippen molar-refractivity contribution in [2.45, 2.75) is 44.0 Å². The fourth-order valence-electron chi connectivity index (χ4n) is 4.16. The van der Waals surface area contributed by atoms with Gasteiger partial charge >= 0.3 is 0 Å². The predicted molar refractivity (Wildman–Crippen MR) is 134 cm³/mol. The SMILES string of the molecule is CC(C)c1noc(CN2CCC(CN(C)c3cc(Nc4ccc(S(C)(=O)=O)cc4F)ncn3)CC2)n1. The van der Waals surface area contributed by atoms with Gasteiger partial charge in [0.25, 0.3) is 0 Å². The van der Waals surface area contributed by atoms with Gasteiger partial charge in [-0.2, -0.15) is 4.98 Å². The summed E-state index contributed by atoms with van der Waals surface area (Å²) in [6.45, 7) is 7.51. The van der Waals surface area contributed by atoms with E-state index in [0.717, 1.165) is 56.4 Å².